The van der Waals surface area contributed by atoms with Crippen molar-refractivity contribution in [2.24, 2.45) is 48.5 Å². The van der Waals surface area contributed by atoms with Gasteiger partial charge in [-0.2, -0.15) is 0 Å². The number of aromatic nitrogens is 2. The number of nitrogens with zero attached hydrogens (tertiary/aromatic N) is 9. The highest BCUT2D eigenvalue weighted by Gasteiger charge is 2.46. The number of nitrogens with one attached hydrogen (secondary N) is 4. The number of hydrogen-bond acceptors (Lipinski definition) is 14. The molecule has 0 radical (unpaired) electrons. The highest BCUT2D eigenvalue weighted by molar-refractivity contribution is 6.02. The lowest BCUT2D eigenvalue weighted by Gasteiger charge is -2.41. The maximum atomic E-state index is 15.5. The number of carboxylic acid groups (broad SMARTS) is 1. The fourth-order valence-electron chi connectivity index (χ4n) is 12.2. The number of para-hydroxylation sites is 1. The van der Waals surface area contributed by atoms with Gasteiger partial charge in [0.15, 0.2) is 0 Å². The topological polar surface area (TPSA) is 334 Å². The number of imidazole rings is 1. The number of carbonyl (C=O) groups excluding carboxylic acids is 11. The van der Waals surface area contributed by atoms with Gasteiger partial charge in [0, 0.05) is 62.8 Å². The number of aliphatic hydroxyl groups excluding tert-OH is 1. The summed E-state index contributed by atoms with van der Waals surface area (Å²) in [5, 5.41) is 33.6. The molecule has 0 bridgehead atoms. The van der Waals surface area contributed by atoms with Gasteiger partial charge in [-0.25, -0.2) is 9.78 Å². The molecule has 3 rings (SSSR count). The van der Waals surface area contributed by atoms with Crippen LogP contribution >= 0.6 is 0 Å². The minimum Gasteiger partial charge on any atom is -0.478 e. The largest absolute Gasteiger partial charge is 0.478 e. The van der Waals surface area contributed by atoms with Gasteiger partial charge in [-0.05, 0) is 99.5 Å². The molecule has 1 fully saturated rings. The molecule has 6 N–H and O–H groups in total. The Bertz CT molecular complexity index is 3070. The number of fused-ring (bicyclic) bond motifs is 1. The zero-order valence-corrected chi connectivity index (χ0v) is 60.9. The minimum atomic E-state index is -1.80. The summed E-state index contributed by atoms with van der Waals surface area (Å²) >= 11 is 0. The molecule has 1 aliphatic heterocycles. The van der Waals surface area contributed by atoms with Gasteiger partial charge in [0.25, 0.3) is 0 Å². The van der Waals surface area contributed by atoms with Crippen molar-refractivity contribution in [3.05, 3.63) is 29.6 Å². The second kappa shape index (κ2) is 35.3. The number of hydrogen-bond donors (Lipinski definition) is 6. The summed E-state index contributed by atoms with van der Waals surface area (Å²) < 4.78 is 1.66. The average molecular weight is 1340 g/mol. The van der Waals surface area contributed by atoms with Crippen molar-refractivity contribution < 1.29 is 67.7 Å². The van der Waals surface area contributed by atoms with Crippen molar-refractivity contribution in [2.75, 3.05) is 55.9 Å². The van der Waals surface area contributed by atoms with Crippen LogP contribution in [0.25, 0.3) is 11.0 Å². The van der Waals surface area contributed by atoms with Crippen molar-refractivity contribution in [2.45, 2.75) is 216 Å². The quantitative estimate of drug-likeness (QED) is 0.141. The maximum absolute atomic E-state index is 15.5. The summed E-state index contributed by atoms with van der Waals surface area (Å²) in [7, 11) is 11.4. The first-order chi connectivity index (χ1) is 43.9. The van der Waals surface area contributed by atoms with Crippen molar-refractivity contribution in [1.29, 1.82) is 0 Å². The van der Waals surface area contributed by atoms with E-state index in [1.807, 2.05) is 55.4 Å². The monoisotopic (exact) mass is 1340 g/mol. The Balaban J connectivity index is 2.35. The van der Waals surface area contributed by atoms with Crippen LogP contribution in [0.2, 0.25) is 0 Å². The third kappa shape index (κ3) is 20.7. The van der Waals surface area contributed by atoms with Gasteiger partial charge in [0.05, 0.1) is 23.7 Å². The molecular weight excluding hydrogens is 1220 g/mol. The molecule has 1 aliphatic rings. The molecule has 11 amide bonds. The molecule has 1 saturated heterocycles. The SMILES string of the molecule is CCC1NC(=O)C(C(O)C(C)Cc2nc3c(C(=O)O)cccc3n2C)N(C)C(=O)C(C(C)C)N(C)C(=O)C(CC(C)C)N(C)C(=O)C(CC(C)C)N(C)C(=O)C(C)NC(=O)C(C)NC(=O)C(CC(C)C)N(C)C(=O)C(C(C)C)NC(=O)C(CC(C)C)N(C)C(=O)CN(C)C1=O. The Kier molecular flexibility index (Phi) is 30.3. The number of amides is 11. The first kappa shape index (κ1) is 81.5. The molecular formula is C68H113N13O14. The summed E-state index contributed by atoms with van der Waals surface area (Å²) in [6.45, 7) is 27.1. The van der Waals surface area contributed by atoms with E-state index in [0.717, 1.165) is 9.80 Å². The number of aryl methyl sites for hydroxylation is 1. The zero-order chi connectivity index (χ0) is 72.9. The minimum absolute atomic E-state index is 0.0533. The summed E-state index contributed by atoms with van der Waals surface area (Å²) in [6.07, 6.45) is -1.37. The van der Waals surface area contributed by atoms with Crippen LogP contribution in [0.4, 0.5) is 0 Å². The van der Waals surface area contributed by atoms with E-state index < -0.39 is 162 Å². The molecule has 2 heterocycles. The van der Waals surface area contributed by atoms with Crippen LogP contribution in [-0.4, -0.2) is 247 Å². The number of likely N-dealkylation sites (N-methyl/N-ethyl adjacent to an activating group) is 7. The van der Waals surface area contributed by atoms with Gasteiger partial charge in [-0.1, -0.05) is 103 Å². The van der Waals surface area contributed by atoms with Crippen molar-refractivity contribution >= 4 is 82.0 Å². The van der Waals surface area contributed by atoms with Crippen LogP contribution in [0.1, 0.15) is 159 Å². The summed E-state index contributed by atoms with van der Waals surface area (Å²) in [5.74, 6) is -11.7. The van der Waals surface area contributed by atoms with Crippen LogP contribution in [0.3, 0.4) is 0 Å². The van der Waals surface area contributed by atoms with Gasteiger partial charge in [-0.3, -0.25) is 52.7 Å². The Morgan fingerprint density at radius 2 is 0.968 bits per heavy atom. The highest BCUT2D eigenvalue weighted by atomic mass is 16.4. The molecule has 1 aromatic carbocycles. The first-order valence-corrected chi connectivity index (χ1v) is 33.4. The van der Waals surface area contributed by atoms with E-state index in [0.29, 0.717) is 11.3 Å². The molecule has 1 aromatic heterocycles. The van der Waals surface area contributed by atoms with E-state index >= 15 is 19.2 Å². The molecule has 27 heteroatoms. The number of aromatic carboxylic acids is 1. The van der Waals surface area contributed by atoms with E-state index in [4.69, 9.17) is 0 Å². The van der Waals surface area contributed by atoms with Crippen LogP contribution in [0, 0.1) is 41.4 Å². The molecule has 95 heavy (non-hydrogen) atoms. The van der Waals surface area contributed by atoms with E-state index in [-0.39, 0.29) is 73.3 Å². The lowest BCUT2D eigenvalue weighted by molar-refractivity contribution is -0.157. The van der Waals surface area contributed by atoms with Gasteiger partial charge in [0.2, 0.25) is 65.0 Å². The van der Waals surface area contributed by atoms with Gasteiger partial charge >= 0.3 is 5.97 Å². The maximum Gasteiger partial charge on any atom is 0.337 e. The van der Waals surface area contributed by atoms with Crippen molar-refractivity contribution in [3.63, 3.8) is 0 Å². The first-order valence-electron chi connectivity index (χ1n) is 33.4. The van der Waals surface area contributed by atoms with Crippen LogP contribution < -0.4 is 21.3 Å². The van der Waals surface area contributed by atoms with E-state index in [9.17, 15) is 48.6 Å². The normalized spacial score (nSPS) is 25.3. The van der Waals surface area contributed by atoms with E-state index in [2.05, 4.69) is 26.3 Å². The Hall–Kier alpha value is -7.71. The van der Waals surface area contributed by atoms with Crippen molar-refractivity contribution in [3.8, 4) is 0 Å². The molecule has 0 spiro atoms. The van der Waals surface area contributed by atoms with Gasteiger partial charge < -0.3 is 70.3 Å². The molecule has 0 aliphatic carbocycles. The third-order valence-electron chi connectivity index (χ3n) is 18.1. The number of aliphatic hydroxyl groups is 1. The Labute approximate surface area is 562 Å². The summed E-state index contributed by atoms with van der Waals surface area (Å²) in [4.78, 5) is 187. The molecule has 27 nitrogen and oxygen atoms in total. The Morgan fingerprint density at radius 3 is 1.45 bits per heavy atom. The highest BCUT2D eigenvalue weighted by Crippen LogP contribution is 2.28. The molecule has 0 saturated carbocycles. The standard InChI is InChI=1S/C68H113N13O14/c1-25-45-63(89)74(17)34-52(82)76(19)47(29-35(2)3)60(86)73-53(39(10)11)66(92)77(20)48(30-36(4)5)59(85)69-42(15)58(84)70-43(16)62(88)78(21)49(31-37(6)7)64(90)79(22)50(32-38(8)9)65(91)80(23)55(40(12)13)67(93)81(24)56(61(87)71-45)57(83)41(14)33-51-72-54-44(68(94)95)27-26-28-46(54)75(51)18/h26-28,35-43,45,47-50,53,55-57,83H,25,29-34H2,1-24H3,(H,69,85)(H,70,84)(H,71,87)(H,73,86)(H,94,95). The van der Waals surface area contributed by atoms with Gasteiger partial charge in [0.1, 0.15) is 71.8 Å². The predicted molar refractivity (Wildman–Crippen MR) is 360 cm³/mol. The number of carbonyl (C=O) groups is 12. The second-order valence-electron chi connectivity index (χ2n) is 28.6. The molecule has 2 aromatic rings. The van der Waals surface area contributed by atoms with Crippen molar-refractivity contribution in [1.82, 2.24) is 65.1 Å². The van der Waals surface area contributed by atoms with Crippen LogP contribution in [-0.2, 0) is 66.2 Å². The second-order valence-corrected chi connectivity index (χ2v) is 28.6. The summed E-state index contributed by atoms with van der Waals surface area (Å²) in [6, 6.07) is -8.32. The fraction of sp³-hybridized carbons (Fsp3) is 0.721. The number of benzene rings is 1. The molecule has 12 atom stereocenters. The van der Waals surface area contributed by atoms with Crippen LogP contribution in [0.15, 0.2) is 18.2 Å². The van der Waals surface area contributed by atoms with E-state index in [1.54, 1.807) is 65.3 Å². The fourth-order valence-corrected chi connectivity index (χ4v) is 12.2. The third-order valence-corrected chi connectivity index (χ3v) is 18.1. The predicted octanol–water partition coefficient (Wildman–Crippen LogP) is 3.13. The lowest BCUT2D eigenvalue weighted by atomic mass is 9.91. The molecule has 534 valence electrons. The van der Waals surface area contributed by atoms with Crippen LogP contribution in [0.5, 0.6) is 0 Å². The molecule has 12 unspecified atom stereocenters. The van der Waals surface area contributed by atoms with E-state index in [1.165, 1.54) is 93.7 Å². The lowest BCUT2D eigenvalue weighted by Crippen LogP contribution is -2.63. The number of carboxylic acids is 1. The number of rotatable bonds is 16. The summed E-state index contributed by atoms with van der Waals surface area (Å²) in [5.41, 5.74) is 0.608. The smallest absolute Gasteiger partial charge is 0.337 e. The van der Waals surface area contributed by atoms with Gasteiger partial charge in [-0.15, -0.1) is 0 Å². The average Bonchev–Trinajstić information content (AvgIpc) is 1.79. The zero-order valence-electron chi connectivity index (χ0n) is 60.9. The Morgan fingerprint density at radius 1 is 0.516 bits per heavy atom.